The fourth-order valence-corrected chi connectivity index (χ4v) is 1.86. The van der Waals surface area contributed by atoms with Crippen LogP contribution in [0.1, 0.15) is 32.3 Å². The molecule has 0 bridgehead atoms. The lowest BCUT2D eigenvalue weighted by Crippen LogP contribution is -2.25. The molecule has 0 aliphatic rings. The molecule has 0 saturated heterocycles. The van der Waals surface area contributed by atoms with E-state index in [2.05, 4.69) is 19.2 Å². The Morgan fingerprint density at radius 3 is 2.35 bits per heavy atom. The summed E-state index contributed by atoms with van der Waals surface area (Å²) in [5, 5.41) is 3.30. The third kappa shape index (κ3) is 4.43. The quantitative estimate of drug-likeness (QED) is 0.720. The van der Waals surface area contributed by atoms with Gasteiger partial charge < -0.3 is 5.32 Å². The predicted molar refractivity (Wildman–Crippen MR) is 67.0 cm³/mol. The Bertz CT molecular complexity index is 319. The molecule has 1 rings (SSSR count). The van der Waals surface area contributed by atoms with E-state index in [1.165, 1.54) is 18.2 Å². The third-order valence-corrected chi connectivity index (χ3v) is 2.99. The SMILES string of the molecule is CCCNCC(CC)Cc1c(F)cccc1F. The van der Waals surface area contributed by atoms with E-state index in [1.54, 1.807) is 0 Å². The van der Waals surface area contributed by atoms with Gasteiger partial charge in [0.2, 0.25) is 0 Å². The summed E-state index contributed by atoms with van der Waals surface area (Å²) in [7, 11) is 0. The van der Waals surface area contributed by atoms with Gasteiger partial charge in [0.05, 0.1) is 0 Å². The highest BCUT2D eigenvalue weighted by molar-refractivity contribution is 5.20. The van der Waals surface area contributed by atoms with Crippen LogP contribution in [0.3, 0.4) is 0 Å². The second kappa shape index (κ2) is 7.38. The number of hydrogen-bond acceptors (Lipinski definition) is 1. The summed E-state index contributed by atoms with van der Waals surface area (Å²) in [5.74, 6) is -0.578. The minimum absolute atomic E-state index is 0.220. The van der Waals surface area contributed by atoms with Gasteiger partial charge >= 0.3 is 0 Å². The van der Waals surface area contributed by atoms with Gasteiger partial charge in [-0.05, 0) is 44.0 Å². The summed E-state index contributed by atoms with van der Waals surface area (Å²) in [6.07, 6.45) is 2.46. The van der Waals surface area contributed by atoms with Crippen molar-refractivity contribution in [2.45, 2.75) is 33.1 Å². The van der Waals surface area contributed by atoms with Crippen LogP contribution in [0, 0.1) is 17.6 Å². The van der Waals surface area contributed by atoms with Crippen LogP contribution in [0.4, 0.5) is 8.78 Å². The molecule has 0 amide bonds. The van der Waals surface area contributed by atoms with Gasteiger partial charge in [0.1, 0.15) is 11.6 Å². The molecule has 1 nitrogen and oxygen atoms in total. The van der Waals surface area contributed by atoms with E-state index in [0.717, 1.165) is 25.9 Å². The number of hydrogen-bond donors (Lipinski definition) is 1. The first-order chi connectivity index (χ1) is 8.19. The Labute approximate surface area is 102 Å². The van der Waals surface area contributed by atoms with E-state index in [-0.39, 0.29) is 11.5 Å². The molecule has 1 atom stereocenters. The third-order valence-electron chi connectivity index (χ3n) is 2.99. The van der Waals surface area contributed by atoms with Crippen LogP contribution < -0.4 is 5.32 Å². The summed E-state index contributed by atoms with van der Waals surface area (Å²) in [6.45, 7) is 5.93. The largest absolute Gasteiger partial charge is 0.316 e. The molecular formula is C14H21F2N. The van der Waals surface area contributed by atoms with Crippen molar-refractivity contribution in [3.8, 4) is 0 Å². The maximum absolute atomic E-state index is 13.5. The first-order valence-electron chi connectivity index (χ1n) is 6.32. The number of benzene rings is 1. The Hall–Kier alpha value is -0.960. The van der Waals surface area contributed by atoms with E-state index in [0.29, 0.717) is 6.42 Å². The zero-order valence-electron chi connectivity index (χ0n) is 10.6. The number of nitrogens with one attached hydrogen (secondary N) is 1. The van der Waals surface area contributed by atoms with E-state index < -0.39 is 11.6 Å². The monoisotopic (exact) mass is 241 g/mol. The topological polar surface area (TPSA) is 12.0 Å². The Morgan fingerprint density at radius 2 is 1.82 bits per heavy atom. The Kier molecular flexibility index (Phi) is 6.12. The highest BCUT2D eigenvalue weighted by atomic mass is 19.1. The van der Waals surface area contributed by atoms with Crippen molar-refractivity contribution < 1.29 is 8.78 Å². The lowest BCUT2D eigenvalue weighted by molar-refractivity contribution is 0.439. The van der Waals surface area contributed by atoms with Crippen LogP contribution in [-0.2, 0) is 6.42 Å². The molecule has 1 aromatic rings. The average molecular weight is 241 g/mol. The van der Waals surface area contributed by atoms with Crippen molar-refractivity contribution in [3.63, 3.8) is 0 Å². The summed E-state index contributed by atoms with van der Waals surface area (Å²) in [6, 6.07) is 4.06. The van der Waals surface area contributed by atoms with Crippen molar-refractivity contribution in [1.82, 2.24) is 5.32 Å². The molecule has 0 aromatic heterocycles. The lowest BCUT2D eigenvalue weighted by atomic mass is 9.96. The molecule has 1 unspecified atom stereocenters. The van der Waals surface area contributed by atoms with Crippen LogP contribution >= 0.6 is 0 Å². The summed E-state index contributed by atoms with van der Waals surface area (Å²) in [5.41, 5.74) is 0.220. The van der Waals surface area contributed by atoms with Crippen LogP contribution in [0.2, 0.25) is 0 Å². The molecule has 0 spiro atoms. The van der Waals surface area contributed by atoms with Crippen LogP contribution in [-0.4, -0.2) is 13.1 Å². The predicted octanol–water partition coefficient (Wildman–Crippen LogP) is 3.53. The molecule has 1 aromatic carbocycles. The van der Waals surface area contributed by atoms with E-state index >= 15 is 0 Å². The molecule has 0 fully saturated rings. The van der Waals surface area contributed by atoms with Crippen LogP contribution in [0.15, 0.2) is 18.2 Å². The van der Waals surface area contributed by atoms with Gasteiger partial charge in [-0.15, -0.1) is 0 Å². The molecule has 0 saturated carbocycles. The second-order valence-corrected chi connectivity index (χ2v) is 4.38. The van der Waals surface area contributed by atoms with Crippen molar-refractivity contribution in [2.75, 3.05) is 13.1 Å². The fourth-order valence-electron chi connectivity index (χ4n) is 1.86. The highest BCUT2D eigenvalue weighted by Gasteiger charge is 2.14. The van der Waals surface area contributed by atoms with E-state index in [1.807, 2.05) is 0 Å². The molecule has 96 valence electrons. The zero-order chi connectivity index (χ0) is 12.7. The smallest absolute Gasteiger partial charge is 0.129 e. The average Bonchev–Trinajstić information content (AvgIpc) is 2.32. The number of halogens is 2. The lowest BCUT2D eigenvalue weighted by Gasteiger charge is -2.16. The van der Waals surface area contributed by atoms with Crippen molar-refractivity contribution in [1.29, 1.82) is 0 Å². The minimum atomic E-state index is -0.432. The normalized spacial score (nSPS) is 12.7. The molecule has 1 N–H and O–H groups in total. The standard InChI is InChI=1S/C14H21F2N/c1-3-8-17-10-11(4-2)9-12-13(15)6-5-7-14(12)16/h5-7,11,17H,3-4,8-10H2,1-2H3. The number of rotatable bonds is 7. The molecule has 3 heteroatoms. The highest BCUT2D eigenvalue weighted by Crippen LogP contribution is 2.18. The van der Waals surface area contributed by atoms with Crippen molar-refractivity contribution in [3.05, 3.63) is 35.4 Å². The van der Waals surface area contributed by atoms with Crippen LogP contribution in [0.5, 0.6) is 0 Å². The summed E-state index contributed by atoms with van der Waals surface area (Å²) < 4.78 is 27.0. The van der Waals surface area contributed by atoms with Gasteiger partial charge in [0.25, 0.3) is 0 Å². The first kappa shape index (κ1) is 14.1. The molecule has 0 radical (unpaired) electrons. The van der Waals surface area contributed by atoms with Crippen LogP contribution in [0.25, 0.3) is 0 Å². The molecule has 0 heterocycles. The minimum Gasteiger partial charge on any atom is -0.316 e. The molecule has 17 heavy (non-hydrogen) atoms. The van der Waals surface area contributed by atoms with Gasteiger partial charge in [-0.25, -0.2) is 8.78 Å². The molecule has 0 aliphatic carbocycles. The van der Waals surface area contributed by atoms with Crippen molar-refractivity contribution >= 4 is 0 Å². The van der Waals surface area contributed by atoms with Gasteiger partial charge in [0.15, 0.2) is 0 Å². The van der Waals surface area contributed by atoms with Gasteiger partial charge in [-0.3, -0.25) is 0 Å². The maximum atomic E-state index is 13.5. The van der Waals surface area contributed by atoms with Gasteiger partial charge in [-0.1, -0.05) is 26.3 Å². The van der Waals surface area contributed by atoms with Gasteiger partial charge in [-0.2, -0.15) is 0 Å². The molecular weight excluding hydrogens is 220 g/mol. The maximum Gasteiger partial charge on any atom is 0.129 e. The molecule has 0 aliphatic heterocycles. The summed E-state index contributed by atoms with van der Waals surface area (Å²) in [4.78, 5) is 0. The summed E-state index contributed by atoms with van der Waals surface area (Å²) >= 11 is 0. The van der Waals surface area contributed by atoms with E-state index in [9.17, 15) is 8.78 Å². The first-order valence-corrected chi connectivity index (χ1v) is 6.32. The Balaban J connectivity index is 2.60. The zero-order valence-corrected chi connectivity index (χ0v) is 10.6. The van der Waals surface area contributed by atoms with Gasteiger partial charge in [0, 0.05) is 5.56 Å². The Morgan fingerprint density at radius 1 is 1.18 bits per heavy atom. The second-order valence-electron chi connectivity index (χ2n) is 4.38. The van der Waals surface area contributed by atoms with Crippen molar-refractivity contribution in [2.24, 2.45) is 5.92 Å². The van der Waals surface area contributed by atoms with E-state index in [4.69, 9.17) is 0 Å². The fraction of sp³-hybridized carbons (Fsp3) is 0.571.